The molecule has 1 unspecified atom stereocenters. The van der Waals surface area contributed by atoms with E-state index < -0.39 is 30.3 Å². The van der Waals surface area contributed by atoms with Crippen molar-refractivity contribution in [3.8, 4) is 0 Å². The number of nitrogens with one attached hydrogen (secondary N) is 1. The Labute approximate surface area is 114 Å². The van der Waals surface area contributed by atoms with Crippen LogP contribution < -0.4 is 5.32 Å². The molecule has 1 aliphatic rings. The van der Waals surface area contributed by atoms with Crippen molar-refractivity contribution in [2.75, 3.05) is 0 Å². The average molecular weight is 291 g/mol. The highest BCUT2D eigenvalue weighted by Crippen LogP contribution is 2.28. The van der Waals surface area contributed by atoms with Crippen LogP contribution in [0, 0.1) is 0 Å². The smallest absolute Gasteiger partial charge is 0.408 e. The summed E-state index contributed by atoms with van der Waals surface area (Å²) < 4.78 is 43.0. The minimum Gasteiger partial charge on any atom is -0.459 e. The van der Waals surface area contributed by atoms with Crippen molar-refractivity contribution in [3.05, 3.63) is 17.5 Å². The first-order valence-electron chi connectivity index (χ1n) is 6.14. The zero-order chi connectivity index (χ0) is 15.1. The molecule has 1 atom stereocenters. The summed E-state index contributed by atoms with van der Waals surface area (Å²) in [5.41, 5.74) is 0.248. The number of carbonyl (C=O) groups excluding carboxylic acids is 1. The molecule has 0 saturated carbocycles. The number of alkyl halides is 3. The Kier molecular flexibility index (Phi) is 3.53. The monoisotopic (exact) mass is 291 g/mol. The predicted molar refractivity (Wildman–Crippen MR) is 63.7 cm³/mol. The maximum atomic E-state index is 12.3. The lowest BCUT2D eigenvalue weighted by molar-refractivity contribution is -0.157. The molecule has 0 bridgehead atoms. The number of fused-ring (bicyclic) bond motifs is 1. The minimum absolute atomic E-state index is 0.254. The molecule has 20 heavy (non-hydrogen) atoms. The van der Waals surface area contributed by atoms with Crippen molar-refractivity contribution >= 4 is 5.97 Å². The number of ether oxygens (including phenoxy) is 1. The summed E-state index contributed by atoms with van der Waals surface area (Å²) in [5.74, 6) is -0.511. The van der Waals surface area contributed by atoms with E-state index in [0.29, 0.717) is 11.3 Å². The van der Waals surface area contributed by atoms with E-state index >= 15 is 0 Å². The number of aromatic nitrogens is 2. The van der Waals surface area contributed by atoms with Crippen molar-refractivity contribution in [1.29, 1.82) is 0 Å². The molecule has 0 aliphatic carbocycles. The van der Waals surface area contributed by atoms with Gasteiger partial charge in [-0.25, -0.2) is 4.79 Å². The third-order valence-corrected chi connectivity index (χ3v) is 2.64. The summed E-state index contributed by atoms with van der Waals surface area (Å²) in [6.45, 7) is 4.28. The fraction of sp³-hybridized carbons (Fsp3) is 0.667. The normalized spacial score (nSPS) is 19.0. The van der Waals surface area contributed by atoms with Gasteiger partial charge in [-0.15, -0.1) is 0 Å². The number of nitrogens with zero attached hydrogens (tertiary/aromatic N) is 2. The van der Waals surface area contributed by atoms with Crippen molar-refractivity contribution in [2.45, 2.75) is 51.7 Å². The highest BCUT2D eigenvalue weighted by atomic mass is 19.4. The third kappa shape index (κ3) is 3.50. The molecule has 0 radical (unpaired) electrons. The van der Waals surface area contributed by atoms with Gasteiger partial charge in [0, 0.05) is 18.3 Å². The number of hydrogen-bond acceptors (Lipinski definition) is 4. The molecule has 2 rings (SSSR count). The Morgan fingerprint density at radius 3 is 2.70 bits per heavy atom. The van der Waals surface area contributed by atoms with E-state index in [-0.39, 0.29) is 6.54 Å². The van der Waals surface area contributed by atoms with E-state index in [0.717, 1.165) is 4.68 Å². The van der Waals surface area contributed by atoms with Crippen LogP contribution in [0.3, 0.4) is 0 Å². The van der Waals surface area contributed by atoms with E-state index in [4.69, 9.17) is 4.74 Å². The number of halogens is 3. The molecule has 0 amide bonds. The number of carbonyl (C=O) groups is 1. The second-order valence-corrected chi connectivity index (χ2v) is 5.69. The van der Waals surface area contributed by atoms with Gasteiger partial charge in [-0.1, -0.05) is 0 Å². The van der Waals surface area contributed by atoms with E-state index in [2.05, 4.69) is 10.4 Å². The Hall–Kier alpha value is -1.57. The second kappa shape index (κ2) is 4.76. The molecule has 2 heterocycles. The fourth-order valence-corrected chi connectivity index (χ4v) is 2.00. The van der Waals surface area contributed by atoms with Crippen LogP contribution in [0.4, 0.5) is 13.2 Å². The molecule has 0 spiro atoms. The SMILES string of the molecule is CC(C)(C)OC(=O)C1NCc2nn(CC(F)(F)F)cc21. The Morgan fingerprint density at radius 2 is 2.15 bits per heavy atom. The zero-order valence-electron chi connectivity index (χ0n) is 11.4. The van der Waals surface area contributed by atoms with Gasteiger partial charge in [0.2, 0.25) is 0 Å². The maximum absolute atomic E-state index is 12.3. The van der Waals surface area contributed by atoms with Crippen LogP contribution >= 0.6 is 0 Å². The number of rotatable bonds is 2. The van der Waals surface area contributed by atoms with Crippen molar-refractivity contribution in [2.24, 2.45) is 0 Å². The zero-order valence-corrected chi connectivity index (χ0v) is 11.4. The Morgan fingerprint density at radius 1 is 1.50 bits per heavy atom. The second-order valence-electron chi connectivity index (χ2n) is 5.69. The molecule has 0 saturated heterocycles. The lowest BCUT2D eigenvalue weighted by Gasteiger charge is -2.22. The summed E-state index contributed by atoms with van der Waals surface area (Å²) in [5, 5.41) is 6.71. The molecular formula is C12H16F3N3O2. The van der Waals surface area contributed by atoms with Crippen LogP contribution in [0.5, 0.6) is 0 Å². The van der Waals surface area contributed by atoms with Gasteiger partial charge in [-0.3, -0.25) is 10.00 Å². The fourth-order valence-electron chi connectivity index (χ4n) is 2.00. The van der Waals surface area contributed by atoms with E-state index in [1.165, 1.54) is 6.20 Å². The average Bonchev–Trinajstić information content (AvgIpc) is 2.69. The number of hydrogen-bond donors (Lipinski definition) is 1. The predicted octanol–water partition coefficient (Wildman–Crippen LogP) is 1.93. The first kappa shape index (κ1) is 14.8. The molecule has 8 heteroatoms. The van der Waals surface area contributed by atoms with E-state index in [1.54, 1.807) is 20.8 Å². The molecule has 0 fully saturated rings. The van der Waals surface area contributed by atoms with Crippen LogP contribution in [0.2, 0.25) is 0 Å². The summed E-state index contributed by atoms with van der Waals surface area (Å²) >= 11 is 0. The first-order valence-corrected chi connectivity index (χ1v) is 6.14. The Bertz CT molecular complexity index is 517. The topological polar surface area (TPSA) is 56.1 Å². The van der Waals surface area contributed by atoms with Crippen molar-refractivity contribution < 1.29 is 22.7 Å². The van der Waals surface area contributed by atoms with Crippen LogP contribution in [-0.4, -0.2) is 27.5 Å². The summed E-state index contributed by atoms with van der Waals surface area (Å²) in [4.78, 5) is 12.0. The number of esters is 1. The first-order chi connectivity index (χ1) is 9.05. The van der Waals surface area contributed by atoms with Gasteiger partial charge in [0.15, 0.2) is 0 Å². The molecule has 112 valence electrons. The summed E-state index contributed by atoms with van der Waals surface area (Å²) in [7, 11) is 0. The molecule has 1 aromatic heterocycles. The van der Waals surface area contributed by atoms with Crippen molar-refractivity contribution in [1.82, 2.24) is 15.1 Å². The van der Waals surface area contributed by atoms with Gasteiger partial charge in [-0.2, -0.15) is 18.3 Å². The highest BCUT2D eigenvalue weighted by Gasteiger charge is 2.36. The largest absolute Gasteiger partial charge is 0.459 e. The standard InChI is InChI=1S/C12H16F3N3O2/c1-11(2,3)20-10(19)9-7-5-18(6-12(13,14)15)17-8(7)4-16-9/h5,9,16H,4,6H2,1-3H3. The van der Waals surface area contributed by atoms with Gasteiger partial charge < -0.3 is 4.74 Å². The van der Waals surface area contributed by atoms with Crippen LogP contribution in [0.15, 0.2) is 6.20 Å². The van der Waals surface area contributed by atoms with Gasteiger partial charge >= 0.3 is 12.1 Å². The highest BCUT2D eigenvalue weighted by molar-refractivity contribution is 5.79. The van der Waals surface area contributed by atoms with Gasteiger partial charge in [-0.05, 0) is 20.8 Å². The summed E-state index contributed by atoms with van der Waals surface area (Å²) in [6, 6.07) is -0.758. The minimum atomic E-state index is -4.34. The maximum Gasteiger partial charge on any atom is 0.408 e. The molecule has 5 nitrogen and oxygen atoms in total. The van der Waals surface area contributed by atoms with E-state index in [9.17, 15) is 18.0 Å². The van der Waals surface area contributed by atoms with Crippen molar-refractivity contribution in [3.63, 3.8) is 0 Å². The Balaban J connectivity index is 2.14. The van der Waals surface area contributed by atoms with Gasteiger partial charge in [0.1, 0.15) is 18.2 Å². The molecule has 1 aliphatic heterocycles. The quantitative estimate of drug-likeness (QED) is 0.846. The van der Waals surface area contributed by atoms with Crippen LogP contribution in [-0.2, 0) is 22.6 Å². The lowest BCUT2D eigenvalue weighted by atomic mass is 10.1. The third-order valence-electron chi connectivity index (χ3n) is 2.64. The molecule has 1 aromatic rings. The van der Waals surface area contributed by atoms with Crippen LogP contribution in [0.1, 0.15) is 38.1 Å². The molecule has 1 N–H and O–H groups in total. The van der Waals surface area contributed by atoms with Gasteiger partial charge in [0.05, 0.1) is 5.69 Å². The lowest BCUT2D eigenvalue weighted by Crippen LogP contribution is -2.31. The van der Waals surface area contributed by atoms with Crippen LogP contribution in [0.25, 0.3) is 0 Å². The van der Waals surface area contributed by atoms with E-state index in [1.807, 2.05) is 0 Å². The molecular weight excluding hydrogens is 275 g/mol. The van der Waals surface area contributed by atoms with Gasteiger partial charge in [0.25, 0.3) is 0 Å². The molecule has 0 aromatic carbocycles. The summed E-state index contributed by atoms with van der Waals surface area (Å²) in [6.07, 6.45) is -3.09.